The van der Waals surface area contributed by atoms with Gasteiger partial charge in [0.2, 0.25) is 0 Å². The van der Waals surface area contributed by atoms with Crippen molar-refractivity contribution >= 4 is 34.3 Å². The third-order valence-electron chi connectivity index (χ3n) is 2.38. The topological polar surface area (TPSA) is 61.0 Å². The average molecular weight is 243 g/mol. The minimum absolute atomic E-state index is 0.195. The maximum absolute atomic E-state index is 11.1. The van der Waals surface area contributed by atoms with Gasteiger partial charge in [-0.15, -0.1) is 11.3 Å². The Labute approximate surface area is 101 Å². The Morgan fingerprint density at radius 2 is 2.06 bits per heavy atom. The molecule has 0 fully saturated rings. The Hall–Kier alpha value is -2.14. The summed E-state index contributed by atoms with van der Waals surface area (Å²) in [5.41, 5.74) is 2.20. The van der Waals surface area contributed by atoms with Gasteiger partial charge < -0.3 is 9.97 Å². The SMILES string of the molecule is O=c1[nH]c2ccc(N=Cc3cccs3)cc2[nH]1. The first-order valence-corrected chi connectivity index (χ1v) is 5.99. The predicted octanol–water partition coefficient (Wildman–Crippen LogP) is 2.67. The van der Waals surface area contributed by atoms with Gasteiger partial charge in [0.25, 0.3) is 0 Å². The number of hydrogen-bond acceptors (Lipinski definition) is 3. The van der Waals surface area contributed by atoms with Crippen LogP contribution in [0.2, 0.25) is 0 Å². The molecule has 0 radical (unpaired) electrons. The number of thiophene rings is 1. The van der Waals surface area contributed by atoms with Crippen molar-refractivity contribution in [1.82, 2.24) is 9.97 Å². The van der Waals surface area contributed by atoms with E-state index in [1.165, 1.54) is 0 Å². The molecule has 2 aromatic heterocycles. The van der Waals surface area contributed by atoms with Crippen molar-refractivity contribution in [3.63, 3.8) is 0 Å². The van der Waals surface area contributed by atoms with Gasteiger partial charge >= 0.3 is 5.69 Å². The summed E-state index contributed by atoms with van der Waals surface area (Å²) in [5.74, 6) is 0. The Bertz CT molecular complexity index is 722. The summed E-state index contributed by atoms with van der Waals surface area (Å²) < 4.78 is 0. The van der Waals surface area contributed by atoms with Gasteiger partial charge in [0.15, 0.2) is 0 Å². The van der Waals surface area contributed by atoms with E-state index in [2.05, 4.69) is 15.0 Å². The molecular weight excluding hydrogens is 234 g/mol. The molecule has 0 atom stereocenters. The van der Waals surface area contributed by atoms with E-state index in [0.717, 1.165) is 21.6 Å². The van der Waals surface area contributed by atoms with Crippen LogP contribution >= 0.6 is 11.3 Å². The smallest absolute Gasteiger partial charge is 0.306 e. The highest BCUT2D eigenvalue weighted by Gasteiger charge is 1.98. The van der Waals surface area contributed by atoms with Gasteiger partial charge in [-0.3, -0.25) is 4.99 Å². The van der Waals surface area contributed by atoms with Crippen LogP contribution in [0, 0.1) is 0 Å². The molecule has 17 heavy (non-hydrogen) atoms. The van der Waals surface area contributed by atoms with Gasteiger partial charge in [-0.1, -0.05) is 6.07 Å². The van der Waals surface area contributed by atoms with Crippen molar-refractivity contribution in [1.29, 1.82) is 0 Å². The molecule has 4 nitrogen and oxygen atoms in total. The molecule has 84 valence electrons. The number of aliphatic imine (C=N–C) groups is 1. The first-order valence-electron chi connectivity index (χ1n) is 5.11. The number of nitrogens with one attached hydrogen (secondary N) is 2. The lowest BCUT2D eigenvalue weighted by atomic mass is 10.3. The highest BCUT2D eigenvalue weighted by atomic mass is 32.1. The van der Waals surface area contributed by atoms with E-state index in [9.17, 15) is 4.79 Å². The maximum atomic E-state index is 11.1. The molecule has 3 aromatic rings. The van der Waals surface area contributed by atoms with E-state index in [4.69, 9.17) is 0 Å². The second-order valence-electron chi connectivity index (χ2n) is 3.58. The highest BCUT2D eigenvalue weighted by Crippen LogP contribution is 2.17. The number of benzene rings is 1. The molecule has 0 saturated heterocycles. The number of hydrogen-bond donors (Lipinski definition) is 2. The van der Waals surface area contributed by atoms with E-state index >= 15 is 0 Å². The summed E-state index contributed by atoms with van der Waals surface area (Å²) >= 11 is 1.64. The molecule has 0 amide bonds. The van der Waals surface area contributed by atoms with Gasteiger partial charge in [0, 0.05) is 11.1 Å². The number of rotatable bonds is 2. The number of aromatic nitrogens is 2. The molecule has 1 aromatic carbocycles. The number of H-pyrrole nitrogens is 2. The molecule has 0 spiro atoms. The Morgan fingerprint density at radius 1 is 1.18 bits per heavy atom. The van der Waals surface area contributed by atoms with Gasteiger partial charge in [0.1, 0.15) is 0 Å². The lowest BCUT2D eigenvalue weighted by Gasteiger charge is -1.92. The number of imidazole rings is 1. The summed E-state index contributed by atoms with van der Waals surface area (Å²) in [7, 11) is 0. The first kappa shape index (κ1) is 10.0. The largest absolute Gasteiger partial charge is 0.323 e. The lowest BCUT2D eigenvalue weighted by Crippen LogP contribution is -1.99. The van der Waals surface area contributed by atoms with Crippen LogP contribution in [-0.2, 0) is 0 Å². The molecule has 0 unspecified atom stereocenters. The second kappa shape index (κ2) is 4.03. The van der Waals surface area contributed by atoms with Gasteiger partial charge in [-0.05, 0) is 29.6 Å². The quantitative estimate of drug-likeness (QED) is 0.668. The van der Waals surface area contributed by atoms with Crippen molar-refractivity contribution in [2.75, 3.05) is 0 Å². The van der Waals surface area contributed by atoms with Crippen LogP contribution in [0.15, 0.2) is 45.5 Å². The van der Waals surface area contributed by atoms with Crippen LogP contribution in [-0.4, -0.2) is 16.2 Å². The van der Waals surface area contributed by atoms with Crippen molar-refractivity contribution in [2.45, 2.75) is 0 Å². The monoisotopic (exact) mass is 243 g/mol. The number of aromatic amines is 2. The zero-order valence-corrected chi connectivity index (χ0v) is 9.62. The zero-order chi connectivity index (χ0) is 11.7. The molecular formula is C12H9N3OS. The molecule has 0 aliphatic rings. The Balaban J connectivity index is 1.98. The summed E-state index contributed by atoms with van der Waals surface area (Å²) in [6.45, 7) is 0. The van der Waals surface area contributed by atoms with Crippen LogP contribution in [0.3, 0.4) is 0 Å². The highest BCUT2D eigenvalue weighted by molar-refractivity contribution is 7.11. The van der Waals surface area contributed by atoms with Gasteiger partial charge in [-0.25, -0.2) is 4.79 Å². The Morgan fingerprint density at radius 3 is 2.88 bits per heavy atom. The van der Waals surface area contributed by atoms with Crippen LogP contribution in [0.25, 0.3) is 11.0 Å². The van der Waals surface area contributed by atoms with Crippen molar-refractivity contribution in [3.05, 3.63) is 51.1 Å². The van der Waals surface area contributed by atoms with E-state index in [1.807, 2.05) is 41.9 Å². The molecule has 3 rings (SSSR count). The fourth-order valence-electron chi connectivity index (χ4n) is 1.60. The van der Waals surface area contributed by atoms with E-state index in [1.54, 1.807) is 11.3 Å². The molecule has 0 aliphatic carbocycles. The fraction of sp³-hybridized carbons (Fsp3) is 0. The summed E-state index contributed by atoms with van der Waals surface area (Å²) in [6, 6.07) is 9.55. The zero-order valence-electron chi connectivity index (χ0n) is 8.81. The van der Waals surface area contributed by atoms with Crippen molar-refractivity contribution < 1.29 is 0 Å². The first-order chi connectivity index (χ1) is 8.31. The Kier molecular flexibility index (Phi) is 2.38. The van der Waals surface area contributed by atoms with Gasteiger partial charge in [-0.2, -0.15) is 0 Å². The molecule has 2 heterocycles. The van der Waals surface area contributed by atoms with Crippen LogP contribution in [0.4, 0.5) is 5.69 Å². The third kappa shape index (κ3) is 2.05. The minimum Gasteiger partial charge on any atom is -0.306 e. The fourth-order valence-corrected chi connectivity index (χ4v) is 2.19. The predicted molar refractivity (Wildman–Crippen MR) is 70.5 cm³/mol. The van der Waals surface area contributed by atoms with E-state index in [-0.39, 0.29) is 5.69 Å². The standard InChI is InChI=1S/C12H9N3OS/c16-12-14-10-4-3-8(6-11(10)15-12)13-7-9-2-1-5-17-9/h1-7H,(H2,14,15,16). The molecule has 0 aliphatic heterocycles. The van der Waals surface area contributed by atoms with Crippen LogP contribution in [0.5, 0.6) is 0 Å². The lowest BCUT2D eigenvalue weighted by molar-refractivity contribution is 1.21. The average Bonchev–Trinajstić information content (AvgIpc) is 2.92. The third-order valence-corrected chi connectivity index (χ3v) is 3.19. The van der Waals surface area contributed by atoms with E-state index < -0.39 is 0 Å². The molecule has 2 N–H and O–H groups in total. The summed E-state index contributed by atoms with van der Waals surface area (Å²) in [4.78, 5) is 22.0. The maximum Gasteiger partial charge on any atom is 0.323 e. The normalized spacial score (nSPS) is 11.5. The summed E-state index contributed by atoms with van der Waals surface area (Å²) in [6.07, 6.45) is 1.82. The minimum atomic E-state index is -0.195. The number of nitrogens with zero attached hydrogens (tertiary/aromatic N) is 1. The summed E-state index contributed by atoms with van der Waals surface area (Å²) in [5, 5.41) is 2.01. The van der Waals surface area contributed by atoms with Gasteiger partial charge in [0.05, 0.1) is 16.7 Å². The molecule has 5 heteroatoms. The molecule has 0 saturated carbocycles. The van der Waals surface area contributed by atoms with Crippen LogP contribution in [0.1, 0.15) is 4.88 Å². The second-order valence-corrected chi connectivity index (χ2v) is 4.56. The van der Waals surface area contributed by atoms with Crippen molar-refractivity contribution in [3.8, 4) is 0 Å². The van der Waals surface area contributed by atoms with Crippen LogP contribution < -0.4 is 5.69 Å². The van der Waals surface area contributed by atoms with Crippen molar-refractivity contribution in [2.24, 2.45) is 4.99 Å². The number of fused-ring (bicyclic) bond motifs is 1. The van der Waals surface area contributed by atoms with E-state index in [0.29, 0.717) is 0 Å². The molecule has 0 bridgehead atoms.